The lowest BCUT2D eigenvalue weighted by Crippen LogP contribution is -3.12. The average molecular weight is 501 g/mol. The zero-order chi connectivity index (χ0) is 24.2. The van der Waals surface area contributed by atoms with E-state index in [1.807, 2.05) is 0 Å². The molecule has 33 heavy (non-hydrogen) atoms. The lowest BCUT2D eigenvalue weighted by atomic mass is 9.92. The summed E-state index contributed by atoms with van der Waals surface area (Å²) in [6.45, 7) is 7.25. The fourth-order valence-electron chi connectivity index (χ4n) is 4.38. The third-order valence-electron chi connectivity index (χ3n) is 6.24. The second-order valence-electron chi connectivity index (χ2n) is 8.72. The summed E-state index contributed by atoms with van der Waals surface area (Å²) in [6.07, 6.45) is -0.254. The minimum Gasteiger partial charge on any atom is -0.388 e. The third kappa shape index (κ3) is 6.33. The van der Waals surface area contributed by atoms with Crippen LogP contribution in [0.25, 0.3) is 21.5 Å². The van der Waals surface area contributed by atoms with E-state index < -0.39 is 17.8 Å². The largest absolute Gasteiger partial charge is 0.416 e. The van der Waals surface area contributed by atoms with Crippen molar-refractivity contribution in [1.82, 2.24) is 0 Å². The van der Waals surface area contributed by atoms with E-state index in [-0.39, 0.29) is 0 Å². The van der Waals surface area contributed by atoms with E-state index in [2.05, 4.69) is 13.8 Å². The Morgan fingerprint density at radius 2 is 1.48 bits per heavy atom. The maximum Gasteiger partial charge on any atom is 0.416 e. The molecule has 0 unspecified atom stereocenters. The van der Waals surface area contributed by atoms with Crippen molar-refractivity contribution in [3.8, 4) is 0 Å². The molecule has 3 aromatic rings. The molecular weight excluding hydrogens is 470 g/mol. The molecule has 0 saturated carbocycles. The lowest BCUT2D eigenvalue weighted by molar-refractivity contribution is -0.901. The van der Waals surface area contributed by atoms with Crippen molar-refractivity contribution in [1.29, 1.82) is 0 Å². The van der Waals surface area contributed by atoms with E-state index in [1.165, 1.54) is 11.0 Å². The van der Waals surface area contributed by atoms with Crippen molar-refractivity contribution in [2.45, 2.75) is 58.2 Å². The standard InChI is InChI=1S/C26H30Cl2F3NO/c1-3-5-10-32(11-6-4-2)12-9-25(33)23-16-22-21(14-18(27)15-24(22)28)20-13-17(26(29,30)31)7-8-19(20)23/h7-8,13-16,25,33H,3-6,9-12H2,1-2H3/p+1/t25-/m0/s1. The van der Waals surface area contributed by atoms with Crippen LogP contribution in [-0.2, 0) is 6.18 Å². The lowest BCUT2D eigenvalue weighted by Gasteiger charge is -2.22. The SMILES string of the molecule is CCCC[NH+](CCCC)CC[C@H](O)c1cc2c(Cl)cc(Cl)cc2c2cc(C(F)(F)F)ccc12. The Kier molecular flexibility index (Phi) is 8.90. The van der Waals surface area contributed by atoms with Crippen molar-refractivity contribution in [2.24, 2.45) is 0 Å². The van der Waals surface area contributed by atoms with Gasteiger partial charge in [-0.1, -0.05) is 56.0 Å². The number of benzene rings is 3. The molecule has 3 rings (SSSR count). The predicted molar refractivity (Wildman–Crippen MR) is 131 cm³/mol. The highest BCUT2D eigenvalue weighted by atomic mass is 35.5. The molecule has 0 heterocycles. The molecule has 0 radical (unpaired) electrons. The Balaban J connectivity index is 2.03. The smallest absolute Gasteiger partial charge is 0.388 e. The molecule has 0 aliphatic rings. The summed E-state index contributed by atoms with van der Waals surface area (Å²) in [5.74, 6) is 0. The summed E-state index contributed by atoms with van der Waals surface area (Å²) in [5, 5.41) is 14.0. The first-order chi connectivity index (χ1) is 15.7. The minimum absolute atomic E-state index is 0.350. The Hall–Kier alpha value is -1.53. The van der Waals surface area contributed by atoms with E-state index in [0.29, 0.717) is 43.6 Å². The molecule has 0 bridgehead atoms. The van der Waals surface area contributed by atoms with Gasteiger partial charge >= 0.3 is 6.18 Å². The van der Waals surface area contributed by atoms with Gasteiger partial charge in [0.25, 0.3) is 0 Å². The molecular formula is C26H31Cl2F3NO+. The average Bonchev–Trinajstić information content (AvgIpc) is 2.77. The van der Waals surface area contributed by atoms with Crippen LogP contribution in [0.3, 0.4) is 0 Å². The summed E-state index contributed by atoms with van der Waals surface area (Å²) in [4.78, 5) is 1.45. The number of halogens is 5. The summed E-state index contributed by atoms with van der Waals surface area (Å²) in [5.41, 5.74) is -0.144. The maximum absolute atomic E-state index is 13.4. The first-order valence-corrected chi connectivity index (χ1v) is 12.4. The van der Waals surface area contributed by atoms with Gasteiger partial charge in [0.05, 0.1) is 31.3 Å². The van der Waals surface area contributed by atoms with E-state index in [9.17, 15) is 18.3 Å². The quantitative estimate of drug-likeness (QED) is 0.282. The van der Waals surface area contributed by atoms with Crippen LogP contribution in [-0.4, -0.2) is 24.7 Å². The van der Waals surface area contributed by atoms with Gasteiger partial charge in [-0.15, -0.1) is 0 Å². The highest BCUT2D eigenvalue weighted by molar-refractivity contribution is 6.39. The molecule has 7 heteroatoms. The van der Waals surface area contributed by atoms with Crippen LogP contribution in [0.15, 0.2) is 36.4 Å². The van der Waals surface area contributed by atoms with Gasteiger partial charge in [-0.3, -0.25) is 0 Å². The summed E-state index contributed by atoms with van der Waals surface area (Å²) < 4.78 is 40.3. The van der Waals surface area contributed by atoms with E-state index in [1.54, 1.807) is 18.2 Å². The summed E-state index contributed by atoms with van der Waals surface area (Å²) in [6, 6.07) is 8.64. The monoisotopic (exact) mass is 500 g/mol. The molecule has 0 aromatic heterocycles. The molecule has 2 N–H and O–H groups in total. The van der Waals surface area contributed by atoms with Crippen LogP contribution in [0.1, 0.15) is 63.2 Å². The van der Waals surface area contributed by atoms with Gasteiger partial charge in [0.2, 0.25) is 0 Å². The highest BCUT2D eigenvalue weighted by Gasteiger charge is 2.31. The Bertz CT molecular complexity index is 1090. The van der Waals surface area contributed by atoms with Crippen molar-refractivity contribution >= 4 is 44.7 Å². The van der Waals surface area contributed by atoms with Crippen molar-refractivity contribution in [3.05, 3.63) is 57.6 Å². The molecule has 0 spiro atoms. The molecule has 0 aliphatic heterocycles. The van der Waals surface area contributed by atoms with Gasteiger partial charge in [0.15, 0.2) is 0 Å². The van der Waals surface area contributed by atoms with E-state index >= 15 is 0 Å². The van der Waals surface area contributed by atoms with Gasteiger partial charge in [0.1, 0.15) is 0 Å². The number of rotatable bonds is 10. The predicted octanol–water partition coefficient (Wildman–Crippen LogP) is 7.23. The first kappa shape index (κ1) is 26.1. The highest BCUT2D eigenvalue weighted by Crippen LogP contribution is 2.40. The van der Waals surface area contributed by atoms with Crippen molar-refractivity contribution in [2.75, 3.05) is 19.6 Å². The van der Waals surface area contributed by atoms with Gasteiger partial charge in [0, 0.05) is 21.9 Å². The number of aliphatic hydroxyl groups is 1. The fraction of sp³-hybridized carbons (Fsp3) is 0.462. The number of hydrogen-bond acceptors (Lipinski definition) is 1. The number of quaternary nitrogens is 1. The fourth-order valence-corrected chi connectivity index (χ4v) is 4.93. The Morgan fingerprint density at radius 3 is 2.09 bits per heavy atom. The number of fused-ring (bicyclic) bond motifs is 3. The minimum atomic E-state index is -4.47. The van der Waals surface area contributed by atoms with Crippen molar-refractivity contribution in [3.63, 3.8) is 0 Å². The zero-order valence-corrected chi connectivity index (χ0v) is 20.5. The van der Waals surface area contributed by atoms with Crippen LogP contribution < -0.4 is 4.90 Å². The van der Waals surface area contributed by atoms with Crippen LogP contribution in [0.5, 0.6) is 0 Å². The molecule has 3 aromatic carbocycles. The number of alkyl halides is 3. The van der Waals surface area contributed by atoms with Crippen LogP contribution in [0.4, 0.5) is 13.2 Å². The Labute approximate surface area is 203 Å². The number of aliphatic hydroxyl groups excluding tert-OH is 1. The Morgan fingerprint density at radius 1 is 0.848 bits per heavy atom. The topological polar surface area (TPSA) is 24.7 Å². The maximum atomic E-state index is 13.4. The normalized spacial score (nSPS) is 13.4. The van der Waals surface area contributed by atoms with Gasteiger partial charge in [-0.2, -0.15) is 13.2 Å². The summed E-state index contributed by atoms with van der Waals surface area (Å²) in [7, 11) is 0. The number of hydrogen-bond donors (Lipinski definition) is 2. The second kappa shape index (κ2) is 11.3. The van der Waals surface area contributed by atoms with Gasteiger partial charge < -0.3 is 10.0 Å². The van der Waals surface area contributed by atoms with Crippen LogP contribution in [0, 0.1) is 0 Å². The van der Waals surface area contributed by atoms with E-state index in [0.717, 1.165) is 57.5 Å². The molecule has 0 fully saturated rings. The van der Waals surface area contributed by atoms with Crippen LogP contribution >= 0.6 is 23.2 Å². The van der Waals surface area contributed by atoms with E-state index in [4.69, 9.17) is 23.2 Å². The molecule has 0 aliphatic carbocycles. The molecule has 180 valence electrons. The van der Waals surface area contributed by atoms with Crippen LogP contribution in [0.2, 0.25) is 10.0 Å². The number of unbranched alkanes of at least 4 members (excludes halogenated alkanes) is 2. The molecule has 1 atom stereocenters. The molecule has 2 nitrogen and oxygen atoms in total. The number of nitrogens with one attached hydrogen (secondary N) is 1. The first-order valence-electron chi connectivity index (χ1n) is 11.6. The molecule has 0 saturated heterocycles. The van der Waals surface area contributed by atoms with Gasteiger partial charge in [-0.05, 0) is 64.9 Å². The molecule has 0 amide bonds. The second-order valence-corrected chi connectivity index (χ2v) is 9.56. The summed E-state index contributed by atoms with van der Waals surface area (Å²) >= 11 is 12.6. The van der Waals surface area contributed by atoms with Crippen molar-refractivity contribution < 1.29 is 23.2 Å². The third-order valence-corrected chi connectivity index (χ3v) is 6.77. The zero-order valence-electron chi connectivity index (χ0n) is 19.0. The van der Waals surface area contributed by atoms with Gasteiger partial charge in [-0.25, -0.2) is 0 Å².